The van der Waals surface area contributed by atoms with Gasteiger partial charge < -0.3 is 15.0 Å². The Hall–Kier alpha value is -2.94. The summed E-state index contributed by atoms with van der Waals surface area (Å²) in [4.78, 5) is 21.6. The van der Waals surface area contributed by atoms with Crippen LogP contribution in [0, 0.1) is 11.7 Å². The van der Waals surface area contributed by atoms with E-state index in [1.807, 2.05) is 0 Å². The molecule has 1 aliphatic rings. The number of anilines is 2. The lowest BCUT2D eigenvalue weighted by Crippen LogP contribution is -2.50. The number of halogens is 6. The standard InChI is InChI=1S/C19H19F6N5O3S/c1-10-12(18(20,21)22)8-28-16(30-5-6-33-13(9-30)19(23,24)25)15(10)17(31)29-11-3-4-27-14(7-11)34(2,26)32/h3-4,7-8,13,26H,5-6,9H2,1-2H3,(H,27,29,31)/t13-,34-/m1/s1. The molecule has 1 saturated heterocycles. The van der Waals surface area contributed by atoms with Crippen molar-refractivity contribution in [3.8, 4) is 0 Å². The second kappa shape index (κ2) is 9.02. The van der Waals surface area contributed by atoms with Crippen LogP contribution >= 0.6 is 0 Å². The van der Waals surface area contributed by atoms with Crippen molar-refractivity contribution in [2.24, 2.45) is 0 Å². The van der Waals surface area contributed by atoms with E-state index in [9.17, 15) is 35.3 Å². The second-order valence-corrected chi connectivity index (χ2v) is 9.63. The van der Waals surface area contributed by atoms with Gasteiger partial charge in [0.15, 0.2) is 6.10 Å². The van der Waals surface area contributed by atoms with Crippen LogP contribution in [0.4, 0.5) is 37.8 Å². The van der Waals surface area contributed by atoms with E-state index in [-0.39, 0.29) is 29.7 Å². The van der Waals surface area contributed by atoms with Crippen LogP contribution in [0.15, 0.2) is 29.6 Å². The predicted molar refractivity (Wildman–Crippen MR) is 109 cm³/mol. The minimum Gasteiger partial charge on any atom is -0.365 e. The van der Waals surface area contributed by atoms with Gasteiger partial charge in [-0.3, -0.25) is 4.79 Å². The molecule has 1 aliphatic heterocycles. The molecule has 0 saturated carbocycles. The largest absolute Gasteiger partial charge is 0.418 e. The Morgan fingerprint density at radius 3 is 2.53 bits per heavy atom. The molecule has 186 valence electrons. The van der Waals surface area contributed by atoms with Gasteiger partial charge in [-0.25, -0.2) is 19.0 Å². The summed E-state index contributed by atoms with van der Waals surface area (Å²) in [5.74, 6) is -1.44. The molecule has 0 unspecified atom stereocenters. The van der Waals surface area contributed by atoms with Gasteiger partial charge in [-0.15, -0.1) is 0 Å². The summed E-state index contributed by atoms with van der Waals surface area (Å²) >= 11 is 0. The lowest BCUT2D eigenvalue weighted by atomic mass is 10.0. The number of aromatic nitrogens is 2. The van der Waals surface area contributed by atoms with E-state index in [0.717, 1.165) is 30.3 Å². The summed E-state index contributed by atoms with van der Waals surface area (Å²) in [6, 6.07) is 2.38. The van der Waals surface area contributed by atoms with Gasteiger partial charge in [-0.2, -0.15) is 26.3 Å². The van der Waals surface area contributed by atoms with Gasteiger partial charge in [0.1, 0.15) is 10.8 Å². The van der Waals surface area contributed by atoms with Gasteiger partial charge in [0.25, 0.3) is 5.91 Å². The predicted octanol–water partition coefficient (Wildman–Crippen LogP) is 3.86. The van der Waals surface area contributed by atoms with E-state index in [1.165, 1.54) is 6.07 Å². The Labute approximate surface area is 190 Å². The van der Waals surface area contributed by atoms with Crippen LogP contribution in [0.2, 0.25) is 0 Å². The van der Waals surface area contributed by atoms with Crippen molar-refractivity contribution in [1.82, 2.24) is 9.97 Å². The normalized spacial score (nSPS) is 18.9. The summed E-state index contributed by atoms with van der Waals surface area (Å²) in [7, 11) is -3.26. The number of pyridine rings is 2. The second-order valence-electron chi connectivity index (χ2n) is 7.52. The fraction of sp³-hybridized carbons (Fsp3) is 0.421. The monoisotopic (exact) mass is 511 g/mol. The maximum absolute atomic E-state index is 13.5. The molecule has 2 aromatic heterocycles. The molecule has 34 heavy (non-hydrogen) atoms. The summed E-state index contributed by atoms with van der Waals surface area (Å²) in [5, 5.41) is 2.16. The van der Waals surface area contributed by atoms with Gasteiger partial charge in [0.2, 0.25) is 0 Å². The zero-order valence-electron chi connectivity index (χ0n) is 17.8. The van der Waals surface area contributed by atoms with Crippen LogP contribution in [0.1, 0.15) is 21.5 Å². The Balaban J connectivity index is 2.06. The number of nitrogens with zero attached hydrogens (tertiary/aromatic N) is 3. The lowest BCUT2D eigenvalue weighted by molar-refractivity contribution is -0.221. The van der Waals surface area contributed by atoms with Crippen LogP contribution < -0.4 is 10.2 Å². The third-order valence-corrected chi connectivity index (χ3v) is 6.00. The summed E-state index contributed by atoms with van der Waals surface area (Å²) in [6.07, 6.45) is -9.09. The molecule has 0 spiro atoms. The zero-order valence-corrected chi connectivity index (χ0v) is 18.6. The number of amides is 1. The number of hydrogen-bond donors (Lipinski definition) is 2. The van der Waals surface area contributed by atoms with E-state index in [2.05, 4.69) is 15.3 Å². The van der Waals surface area contributed by atoms with E-state index >= 15 is 0 Å². The average Bonchev–Trinajstić information content (AvgIpc) is 2.71. The summed E-state index contributed by atoms with van der Waals surface area (Å²) in [6.45, 7) is -0.265. The van der Waals surface area contributed by atoms with Gasteiger partial charge >= 0.3 is 12.4 Å². The Morgan fingerprint density at radius 1 is 1.26 bits per heavy atom. The molecular formula is C19H19F6N5O3S. The van der Waals surface area contributed by atoms with Crippen LogP contribution in [0.3, 0.4) is 0 Å². The number of ether oxygens (including phenoxy) is 1. The maximum atomic E-state index is 13.5. The highest BCUT2D eigenvalue weighted by Crippen LogP contribution is 2.37. The molecule has 3 rings (SSSR count). The third kappa shape index (κ3) is 5.58. The topological polar surface area (TPSA) is 108 Å². The molecule has 2 N–H and O–H groups in total. The molecular weight excluding hydrogens is 492 g/mol. The first-order valence-electron chi connectivity index (χ1n) is 9.60. The minimum atomic E-state index is -4.87. The molecule has 0 aliphatic carbocycles. The highest BCUT2D eigenvalue weighted by molar-refractivity contribution is 7.91. The molecule has 1 fully saturated rings. The van der Waals surface area contributed by atoms with Crippen molar-refractivity contribution in [2.45, 2.75) is 30.4 Å². The van der Waals surface area contributed by atoms with Crippen LogP contribution in [-0.2, 0) is 20.6 Å². The number of morpholine rings is 1. The van der Waals surface area contributed by atoms with Crippen LogP contribution in [0.5, 0.6) is 0 Å². The smallest absolute Gasteiger partial charge is 0.365 e. The fourth-order valence-electron chi connectivity index (χ4n) is 3.32. The van der Waals surface area contributed by atoms with E-state index in [4.69, 9.17) is 9.52 Å². The SMILES string of the molecule is Cc1c(C(F)(F)F)cnc(N2CCO[C@@H](C(F)(F)F)C2)c1C(=O)Nc1ccnc([S@](C)(=N)=O)c1. The Bertz CT molecular complexity index is 1200. The first kappa shape index (κ1) is 25.7. The number of nitrogens with one attached hydrogen (secondary N) is 2. The van der Waals surface area contributed by atoms with Crippen molar-refractivity contribution in [3.05, 3.63) is 41.2 Å². The molecule has 0 radical (unpaired) electrons. The quantitative estimate of drug-likeness (QED) is 0.604. The van der Waals surface area contributed by atoms with Crippen LogP contribution in [-0.4, -0.2) is 58.3 Å². The summed E-state index contributed by atoms with van der Waals surface area (Å²) < 4.78 is 104. The average molecular weight is 511 g/mol. The fourth-order valence-corrected chi connectivity index (χ4v) is 3.93. The van der Waals surface area contributed by atoms with Gasteiger partial charge in [0.05, 0.1) is 34.0 Å². The molecule has 0 aromatic carbocycles. The molecule has 8 nitrogen and oxygen atoms in total. The highest BCUT2D eigenvalue weighted by Gasteiger charge is 2.44. The van der Waals surface area contributed by atoms with Crippen molar-refractivity contribution < 1.29 is 40.1 Å². The molecule has 1 amide bonds. The van der Waals surface area contributed by atoms with Crippen molar-refractivity contribution in [2.75, 3.05) is 36.2 Å². The van der Waals surface area contributed by atoms with Crippen LogP contribution in [0.25, 0.3) is 0 Å². The number of carbonyl (C=O) groups excluding carboxylic acids is 1. The maximum Gasteiger partial charge on any atom is 0.418 e. The third-order valence-electron chi connectivity index (χ3n) is 4.97. The first-order chi connectivity index (χ1) is 15.6. The number of carbonyl (C=O) groups is 1. The van der Waals surface area contributed by atoms with E-state index < -0.39 is 57.3 Å². The Kier molecular flexibility index (Phi) is 6.81. The molecule has 15 heteroatoms. The number of hydrogen-bond acceptors (Lipinski definition) is 7. The number of rotatable bonds is 4. The van der Waals surface area contributed by atoms with E-state index in [1.54, 1.807) is 0 Å². The highest BCUT2D eigenvalue weighted by atomic mass is 32.2. The Morgan fingerprint density at radius 2 is 1.94 bits per heavy atom. The molecule has 2 aromatic rings. The summed E-state index contributed by atoms with van der Waals surface area (Å²) in [5.41, 5.74) is -2.34. The van der Waals surface area contributed by atoms with Crippen molar-refractivity contribution in [1.29, 1.82) is 4.78 Å². The minimum absolute atomic E-state index is 0.0188. The number of alkyl halides is 6. The first-order valence-corrected chi connectivity index (χ1v) is 11.6. The molecule has 0 bridgehead atoms. The van der Waals surface area contributed by atoms with Gasteiger partial charge in [-0.1, -0.05) is 0 Å². The zero-order chi connectivity index (χ0) is 25.5. The molecule has 2 atom stereocenters. The lowest BCUT2D eigenvalue weighted by Gasteiger charge is -2.35. The molecule has 3 heterocycles. The van der Waals surface area contributed by atoms with Crippen molar-refractivity contribution in [3.63, 3.8) is 0 Å². The van der Waals surface area contributed by atoms with E-state index in [0.29, 0.717) is 6.20 Å². The van der Waals surface area contributed by atoms with Crippen molar-refractivity contribution >= 4 is 27.1 Å². The van der Waals surface area contributed by atoms with Gasteiger partial charge in [-0.05, 0) is 24.6 Å². The van der Waals surface area contributed by atoms with Gasteiger partial charge in [0, 0.05) is 30.9 Å².